The van der Waals surface area contributed by atoms with Crippen molar-refractivity contribution in [1.29, 1.82) is 0 Å². The predicted molar refractivity (Wildman–Crippen MR) is 336 cm³/mol. The molecule has 0 rings (SSSR count). The Morgan fingerprint density at radius 3 is 1.19 bits per heavy atom. The molecular formula is C68H124N2O6P+. The molecule has 0 saturated carbocycles. The van der Waals surface area contributed by atoms with Gasteiger partial charge in [0.25, 0.3) is 0 Å². The normalized spacial score (nSPS) is 14.4. The Hall–Kier alpha value is -2.58. The van der Waals surface area contributed by atoms with Gasteiger partial charge in [0.15, 0.2) is 0 Å². The fourth-order valence-electron chi connectivity index (χ4n) is 9.04. The number of carbonyl (C=O) groups excluding carboxylic acids is 1. The number of aliphatic hydroxyl groups excluding tert-OH is 1. The van der Waals surface area contributed by atoms with Crippen molar-refractivity contribution in [2.45, 2.75) is 289 Å². The van der Waals surface area contributed by atoms with E-state index in [0.29, 0.717) is 17.4 Å². The Kier molecular flexibility index (Phi) is 56.1. The molecule has 446 valence electrons. The minimum atomic E-state index is -4.37. The first-order chi connectivity index (χ1) is 37.5. The summed E-state index contributed by atoms with van der Waals surface area (Å²) in [6.45, 7) is 4.69. The van der Waals surface area contributed by atoms with Gasteiger partial charge in [-0.2, -0.15) is 0 Å². The van der Waals surface area contributed by atoms with Gasteiger partial charge in [-0.05, 0) is 89.9 Å². The first-order valence-corrected chi connectivity index (χ1v) is 33.6. The summed E-state index contributed by atoms with van der Waals surface area (Å²) in [5, 5.41) is 13.9. The van der Waals surface area contributed by atoms with Crippen LogP contribution >= 0.6 is 7.82 Å². The first-order valence-electron chi connectivity index (χ1n) is 32.1. The maximum Gasteiger partial charge on any atom is 0.472 e. The Balaban J connectivity index is 4.10. The van der Waals surface area contributed by atoms with Gasteiger partial charge in [-0.1, -0.05) is 278 Å². The summed E-state index contributed by atoms with van der Waals surface area (Å²) in [5.41, 5.74) is 0. The van der Waals surface area contributed by atoms with Crippen molar-refractivity contribution in [3.8, 4) is 0 Å². The number of rotatable bonds is 58. The number of hydrogen-bond acceptors (Lipinski definition) is 5. The molecule has 77 heavy (non-hydrogen) atoms. The molecule has 0 aromatic carbocycles. The van der Waals surface area contributed by atoms with Gasteiger partial charge >= 0.3 is 7.82 Å². The second-order valence-corrected chi connectivity index (χ2v) is 24.2. The Bertz CT molecular complexity index is 1570. The van der Waals surface area contributed by atoms with E-state index >= 15 is 0 Å². The lowest BCUT2D eigenvalue weighted by atomic mass is 10.0. The molecule has 0 aromatic heterocycles. The van der Waals surface area contributed by atoms with Crippen LogP contribution in [0.25, 0.3) is 0 Å². The molecule has 1 amide bonds. The summed E-state index contributed by atoms with van der Waals surface area (Å²) in [7, 11) is 1.55. The molecule has 0 spiro atoms. The molecule has 0 aliphatic rings. The van der Waals surface area contributed by atoms with Crippen LogP contribution in [0.5, 0.6) is 0 Å². The number of likely N-dealkylation sites (N-methyl/N-ethyl adjacent to an activating group) is 1. The highest BCUT2D eigenvalue weighted by molar-refractivity contribution is 7.47. The quantitative estimate of drug-likeness (QED) is 0.0243. The monoisotopic (exact) mass is 1100 g/mol. The van der Waals surface area contributed by atoms with Crippen molar-refractivity contribution in [3.05, 3.63) is 97.2 Å². The molecule has 0 saturated heterocycles. The van der Waals surface area contributed by atoms with Gasteiger partial charge in [-0.15, -0.1) is 0 Å². The van der Waals surface area contributed by atoms with E-state index in [1.54, 1.807) is 6.08 Å². The molecule has 8 nitrogen and oxygen atoms in total. The molecule has 0 fully saturated rings. The van der Waals surface area contributed by atoms with Crippen LogP contribution in [0.3, 0.4) is 0 Å². The second kappa shape index (κ2) is 58.1. The van der Waals surface area contributed by atoms with Crippen LogP contribution < -0.4 is 5.32 Å². The second-order valence-electron chi connectivity index (χ2n) is 22.7. The lowest BCUT2D eigenvalue weighted by Crippen LogP contribution is -2.45. The van der Waals surface area contributed by atoms with Crippen LogP contribution in [-0.2, 0) is 18.4 Å². The van der Waals surface area contributed by atoms with Gasteiger partial charge in [0.1, 0.15) is 13.2 Å². The summed E-state index contributed by atoms with van der Waals surface area (Å²) >= 11 is 0. The number of unbranched alkanes of at least 4 members (excludes halogenated alkanes) is 31. The zero-order valence-electron chi connectivity index (χ0n) is 50.9. The standard InChI is InChI=1S/C68H123N2O6P/c1-6-8-10-12-14-16-18-20-22-24-26-28-29-30-31-32-33-34-35-36-37-38-39-40-41-42-44-46-48-50-52-54-56-58-60-62-68(72)69-66(65-76-77(73,74)75-64-63-70(3,4)5)67(71)61-59-57-55-53-51-49-47-45-43-27-25-23-21-19-17-15-13-11-9-7-2/h8,10,14,16,20,22,26,28,30-31,43,45,51,53,59,61,66-67,71H,6-7,9,11-13,15,17-19,21,23-25,27,29,32-42,44,46-50,52,54-58,60,62-65H2,1-5H3,(H-,69,72,73,74)/p+1/b10-8-,16-14-,22-20-,28-26-,31-30-,45-43+,53-51+,61-59+. The van der Waals surface area contributed by atoms with Gasteiger partial charge in [-0.25, -0.2) is 4.57 Å². The van der Waals surface area contributed by atoms with Crippen LogP contribution in [0.1, 0.15) is 277 Å². The van der Waals surface area contributed by atoms with Gasteiger partial charge in [0, 0.05) is 6.42 Å². The molecule has 0 heterocycles. The summed E-state index contributed by atoms with van der Waals surface area (Å²) in [4.78, 5) is 23.4. The molecule has 3 unspecified atom stereocenters. The smallest absolute Gasteiger partial charge is 0.387 e. The van der Waals surface area contributed by atoms with E-state index in [-0.39, 0.29) is 19.1 Å². The number of amides is 1. The number of hydrogen-bond donors (Lipinski definition) is 3. The van der Waals surface area contributed by atoms with E-state index in [2.05, 4.69) is 104 Å². The summed E-state index contributed by atoms with van der Waals surface area (Å²) in [5.74, 6) is -0.190. The lowest BCUT2D eigenvalue weighted by molar-refractivity contribution is -0.870. The third-order valence-electron chi connectivity index (χ3n) is 14.0. The van der Waals surface area contributed by atoms with E-state index in [1.807, 2.05) is 27.2 Å². The van der Waals surface area contributed by atoms with E-state index < -0.39 is 20.0 Å². The number of aliphatic hydroxyl groups is 1. The Morgan fingerprint density at radius 2 is 0.792 bits per heavy atom. The van der Waals surface area contributed by atoms with Crippen LogP contribution in [0.4, 0.5) is 0 Å². The summed E-state index contributed by atoms with van der Waals surface area (Å²) < 4.78 is 23.7. The lowest BCUT2D eigenvalue weighted by Gasteiger charge is -2.25. The average molecular weight is 1100 g/mol. The van der Waals surface area contributed by atoms with E-state index in [4.69, 9.17) is 9.05 Å². The minimum absolute atomic E-state index is 0.0514. The van der Waals surface area contributed by atoms with Crippen LogP contribution in [0.15, 0.2) is 97.2 Å². The van der Waals surface area contributed by atoms with Crippen molar-refractivity contribution in [1.82, 2.24) is 5.32 Å². The van der Waals surface area contributed by atoms with Crippen molar-refractivity contribution >= 4 is 13.7 Å². The molecule has 3 N–H and O–H groups in total. The number of phosphoric ester groups is 1. The zero-order valence-corrected chi connectivity index (χ0v) is 51.8. The van der Waals surface area contributed by atoms with Crippen molar-refractivity contribution in [3.63, 3.8) is 0 Å². The average Bonchev–Trinajstić information content (AvgIpc) is 3.39. The number of phosphoric acid groups is 1. The highest BCUT2D eigenvalue weighted by Gasteiger charge is 2.27. The molecule has 0 aromatic rings. The third kappa shape index (κ3) is 60.9. The third-order valence-corrected chi connectivity index (χ3v) is 15.0. The minimum Gasteiger partial charge on any atom is -0.387 e. The van der Waals surface area contributed by atoms with Gasteiger partial charge in [-0.3, -0.25) is 13.8 Å². The molecule has 3 atom stereocenters. The Labute approximate surface area is 477 Å². The first kappa shape index (κ1) is 74.4. The van der Waals surface area contributed by atoms with E-state index in [9.17, 15) is 19.4 Å². The molecule has 9 heteroatoms. The van der Waals surface area contributed by atoms with Gasteiger partial charge in [0.2, 0.25) is 5.91 Å². The summed E-state index contributed by atoms with van der Waals surface area (Å²) in [6, 6.07) is -0.874. The van der Waals surface area contributed by atoms with Gasteiger partial charge < -0.3 is 19.8 Å². The highest BCUT2D eigenvalue weighted by Crippen LogP contribution is 2.43. The number of nitrogens with one attached hydrogen (secondary N) is 1. The maximum atomic E-state index is 13.0. The predicted octanol–water partition coefficient (Wildman–Crippen LogP) is 20.2. The van der Waals surface area contributed by atoms with Crippen LogP contribution in [0, 0.1) is 0 Å². The fourth-order valence-corrected chi connectivity index (χ4v) is 9.78. The topological polar surface area (TPSA) is 105 Å². The van der Waals surface area contributed by atoms with E-state index in [0.717, 1.165) is 77.0 Å². The zero-order chi connectivity index (χ0) is 56.3. The number of carbonyl (C=O) groups is 1. The molecular weight excluding hydrogens is 972 g/mol. The van der Waals surface area contributed by atoms with E-state index in [1.165, 1.54) is 180 Å². The van der Waals surface area contributed by atoms with Crippen molar-refractivity contribution in [2.24, 2.45) is 0 Å². The van der Waals surface area contributed by atoms with Crippen molar-refractivity contribution in [2.75, 3.05) is 40.9 Å². The molecule has 0 bridgehead atoms. The largest absolute Gasteiger partial charge is 0.472 e. The number of quaternary nitrogens is 1. The van der Waals surface area contributed by atoms with Gasteiger partial charge in [0.05, 0.1) is 39.9 Å². The highest BCUT2D eigenvalue weighted by atomic mass is 31.2. The Morgan fingerprint density at radius 1 is 0.455 bits per heavy atom. The molecule has 0 radical (unpaired) electrons. The SMILES string of the molecule is CC/C=C\C/C=C\C/C=C\C/C=C\C/C=C\CCCCCCCCCCCCCCCCCCCCCC(=O)NC(COP(=O)(O)OCC[N+](C)(C)C)C(O)/C=C/CC/C=C/CC/C=C/CCCCCCCCCCCC. The summed E-state index contributed by atoms with van der Waals surface area (Å²) in [6.07, 6.45) is 83.9. The number of nitrogens with zero attached hydrogens (tertiary/aromatic N) is 1. The van der Waals surface area contributed by atoms with Crippen LogP contribution in [0.2, 0.25) is 0 Å². The molecule has 0 aliphatic heterocycles. The van der Waals surface area contributed by atoms with Crippen molar-refractivity contribution < 1.29 is 32.9 Å². The fraction of sp³-hybridized carbons (Fsp3) is 0.750. The maximum absolute atomic E-state index is 13.0. The molecule has 0 aliphatic carbocycles. The van der Waals surface area contributed by atoms with Crippen LogP contribution in [-0.4, -0.2) is 73.4 Å². The number of allylic oxidation sites excluding steroid dienone is 15.